The van der Waals surface area contributed by atoms with E-state index in [2.05, 4.69) is 28.8 Å². The first-order chi connectivity index (χ1) is 10.8. The minimum absolute atomic E-state index is 0.0291. The van der Waals surface area contributed by atoms with Gasteiger partial charge in [0.2, 0.25) is 0 Å². The fourth-order valence-corrected chi connectivity index (χ4v) is 2.24. The molecule has 23 heavy (non-hydrogen) atoms. The van der Waals surface area contributed by atoms with Crippen LogP contribution in [0.15, 0.2) is 34.4 Å². The molecule has 1 aliphatic rings. The van der Waals surface area contributed by atoms with Crippen molar-refractivity contribution in [1.82, 2.24) is 10.2 Å². The van der Waals surface area contributed by atoms with Gasteiger partial charge >= 0.3 is 0 Å². The Kier molecular flexibility index (Phi) is 7.61. The van der Waals surface area contributed by atoms with Crippen molar-refractivity contribution in [2.45, 2.75) is 52.0 Å². The zero-order valence-electron chi connectivity index (χ0n) is 14.9. The zero-order valence-corrected chi connectivity index (χ0v) is 14.9. The molecular formula is C17H30N4O2. The number of nitrogens with zero attached hydrogens (tertiary/aromatic N) is 3. The quantitative estimate of drug-likeness (QED) is 0.294. The van der Waals surface area contributed by atoms with Crippen LogP contribution >= 0.6 is 0 Å². The van der Waals surface area contributed by atoms with E-state index in [1.807, 2.05) is 31.7 Å². The summed E-state index contributed by atoms with van der Waals surface area (Å²) < 4.78 is 5.26. The first-order valence-electron chi connectivity index (χ1n) is 7.96. The molecule has 2 N–H and O–H groups in total. The second-order valence-corrected chi connectivity index (χ2v) is 6.15. The van der Waals surface area contributed by atoms with Crippen molar-refractivity contribution in [3.63, 3.8) is 0 Å². The molecule has 0 aliphatic carbocycles. The summed E-state index contributed by atoms with van der Waals surface area (Å²) in [5, 5.41) is 13.0. The van der Waals surface area contributed by atoms with E-state index in [1.165, 1.54) is 0 Å². The molecule has 6 heteroatoms. The molecule has 0 radical (unpaired) electrons. The van der Waals surface area contributed by atoms with Crippen molar-refractivity contribution in [3.05, 3.63) is 24.4 Å². The van der Waals surface area contributed by atoms with E-state index in [4.69, 9.17) is 4.74 Å². The SMILES string of the molecule is C=CC(C)(C)NC(O)C/N=C\N1C(COC)=CC(CC)=NC1C. The molecule has 0 aromatic rings. The van der Waals surface area contributed by atoms with Gasteiger partial charge in [-0.25, -0.2) is 0 Å². The molecule has 0 aromatic carbocycles. The van der Waals surface area contributed by atoms with E-state index >= 15 is 0 Å². The van der Waals surface area contributed by atoms with Gasteiger partial charge < -0.3 is 14.7 Å². The third-order valence-corrected chi connectivity index (χ3v) is 3.61. The zero-order chi connectivity index (χ0) is 17.5. The van der Waals surface area contributed by atoms with Gasteiger partial charge in [-0.05, 0) is 33.3 Å². The lowest BCUT2D eigenvalue weighted by Crippen LogP contribution is -2.46. The molecule has 130 valence electrons. The van der Waals surface area contributed by atoms with Crippen molar-refractivity contribution < 1.29 is 9.84 Å². The summed E-state index contributed by atoms with van der Waals surface area (Å²) in [6.07, 6.45) is 5.64. The highest BCUT2D eigenvalue weighted by Crippen LogP contribution is 2.16. The Morgan fingerprint density at radius 3 is 2.87 bits per heavy atom. The van der Waals surface area contributed by atoms with E-state index in [-0.39, 0.29) is 18.2 Å². The van der Waals surface area contributed by atoms with Gasteiger partial charge in [-0.15, -0.1) is 6.58 Å². The predicted molar refractivity (Wildman–Crippen MR) is 95.8 cm³/mol. The van der Waals surface area contributed by atoms with E-state index in [0.29, 0.717) is 6.61 Å². The Morgan fingerprint density at radius 2 is 2.30 bits per heavy atom. The van der Waals surface area contributed by atoms with Gasteiger partial charge in [0.25, 0.3) is 0 Å². The lowest BCUT2D eigenvalue weighted by molar-refractivity contribution is 0.121. The number of allylic oxidation sites excluding steroid dienone is 1. The number of aliphatic hydroxyl groups is 1. The maximum atomic E-state index is 10.0. The molecule has 0 aromatic heterocycles. The third kappa shape index (κ3) is 6.25. The number of aliphatic imine (C=N–C) groups is 2. The number of nitrogens with one attached hydrogen (secondary N) is 1. The van der Waals surface area contributed by atoms with Crippen molar-refractivity contribution >= 4 is 12.1 Å². The largest absolute Gasteiger partial charge is 0.378 e. The number of ether oxygens (including phenoxy) is 1. The maximum absolute atomic E-state index is 10.0. The van der Waals surface area contributed by atoms with Crippen LogP contribution in [0.25, 0.3) is 0 Å². The van der Waals surface area contributed by atoms with Crippen molar-refractivity contribution in [1.29, 1.82) is 0 Å². The second-order valence-electron chi connectivity index (χ2n) is 6.15. The number of aliphatic hydroxyl groups excluding tert-OH is 1. The Bertz CT molecular complexity index is 483. The van der Waals surface area contributed by atoms with E-state index in [1.54, 1.807) is 19.5 Å². The molecule has 0 fully saturated rings. The van der Waals surface area contributed by atoms with E-state index < -0.39 is 6.23 Å². The predicted octanol–water partition coefficient (Wildman–Crippen LogP) is 1.93. The van der Waals surface area contributed by atoms with Crippen LogP contribution in [-0.4, -0.2) is 60.3 Å². The van der Waals surface area contributed by atoms with Crippen LogP contribution in [0.5, 0.6) is 0 Å². The molecule has 1 aliphatic heterocycles. The molecule has 0 amide bonds. The highest BCUT2D eigenvalue weighted by Gasteiger charge is 2.20. The Balaban J connectivity index is 2.69. The van der Waals surface area contributed by atoms with Gasteiger partial charge in [-0.3, -0.25) is 15.3 Å². The average Bonchev–Trinajstić information content (AvgIpc) is 2.49. The van der Waals surface area contributed by atoms with Crippen LogP contribution in [-0.2, 0) is 4.74 Å². The van der Waals surface area contributed by atoms with Crippen LogP contribution in [0, 0.1) is 0 Å². The molecule has 0 bridgehead atoms. The first kappa shape index (κ1) is 19.5. The summed E-state index contributed by atoms with van der Waals surface area (Å²) in [7, 11) is 1.67. The highest BCUT2D eigenvalue weighted by atomic mass is 16.5. The van der Waals surface area contributed by atoms with Gasteiger partial charge in [-0.2, -0.15) is 0 Å². The van der Waals surface area contributed by atoms with Gasteiger partial charge in [0.05, 0.1) is 19.5 Å². The summed E-state index contributed by atoms with van der Waals surface area (Å²) in [6, 6.07) is 0. The monoisotopic (exact) mass is 322 g/mol. The molecular weight excluding hydrogens is 292 g/mol. The fourth-order valence-electron chi connectivity index (χ4n) is 2.24. The minimum Gasteiger partial charge on any atom is -0.378 e. The van der Waals surface area contributed by atoms with Crippen molar-refractivity contribution in [3.8, 4) is 0 Å². The third-order valence-electron chi connectivity index (χ3n) is 3.61. The lowest BCUT2D eigenvalue weighted by atomic mass is 10.1. The number of hydrogen-bond acceptors (Lipinski definition) is 5. The number of rotatable bonds is 9. The Labute approximate surface area is 139 Å². The van der Waals surface area contributed by atoms with Gasteiger partial charge in [0.15, 0.2) is 0 Å². The fraction of sp³-hybridized carbons (Fsp3) is 0.647. The van der Waals surface area contributed by atoms with Gasteiger partial charge in [0, 0.05) is 24.1 Å². The maximum Gasteiger partial charge on any atom is 0.125 e. The van der Waals surface area contributed by atoms with Crippen molar-refractivity contribution in [2.24, 2.45) is 9.98 Å². The van der Waals surface area contributed by atoms with Gasteiger partial charge in [-0.1, -0.05) is 13.0 Å². The molecule has 1 rings (SSSR count). The first-order valence-corrected chi connectivity index (χ1v) is 7.96. The molecule has 0 saturated carbocycles. The standard InChI is InChI=1S/C17H30N4O2/c1-7-14-9-15(11-23-6)21(13(3)19-14)12-18-10-16(22)20-17(4,5)8-2/h8-9,12-13,16,20,22H,2,7,10-11H2,1,3-6H3/b18-12-. The summed E-state index contributed by atoms with van der Waals surface area (Å²) in [6.45, 7) is 12.5. The average molecular weight is 322 g/mol. The molecule has 0 spiro atoms. The summed E-state index contributed by atoms with van der Waals surface area (Å²) in [4.78, 5) is 10.9. The highest BCUT2D eigenvalue weighted by molar-refractivity contribution is 5.96. The topological polar surface area (TPSA) is 69.5 Å². The van der Waals surface area contributed by atoms with Crippen molar-refractivity contribution in [2.75, 3.05) is 20.3 Å². The molecule has 0 saturated heterocycles. The van der Waals surface area contributed by atoms with E-state index in [0.717, 1.165) is 17.8 Å². The summed E-state index contributed by atoms with van der Waals surface area (Å²) in [5.74, 6) is 0. The second kappa shape index (κ2) is 8.96. The molecule has 2 unspecified atom stereocenters. The van der Waals surface area contributed by atoms with Crippen LogP contribution in [0.4, 0.5) is 0 Å². The smallest absolute Gasteiger partial charge is 0.125 e. The summed E-state index contributed by atoms with van der Waals surface area (Å²) >= 11 is 0. The van der Waals surface area contributed by atoms with Gasteiger partial charge in [0.1, 0.15) is 12.4 Å². The Hall–Kier alpha value is -1.50. The molecule has 1 heterocycles. The lowest BCUT2D eigenvalue weighted by Gasteiger charge is -2.31. The molecule has 2 atom stereocenters. The minimum atomic E-state index is -0.732. The van der Waals surface area contributed by atoms with Crippen LogP contribution < -0.4 is 5.32 Å². The van der Waals surface area contributed by atoms with E-state index in [9.17, 15) is 5.11 Å². The number of hydrogen-bond donors (Lipinski definition) is 2. The van der Waals surface area contributed by atoms with Crippen LogP contribution in [0.2, 0.25) is 0 Å². The molecule has 6 nitrogen and oxygen atoms in total. The Morgan fingerprint density at radius 1 is 1.61 bits per heavy atom. The summed E-state index contributed by atoms with van der Waals surface area (Å²) in [5.41, 5.74) is 1.74. The number of methoxy groups -OCH3 is 1. The van der Waals surface area contributed by atoms with Crippen LogP contribution in [0.1, 0.15) is 34.1 Å². The van der Waals surface area contributed by atoms with Crippen LogP contribution in [0.3, 0.4) is 0 Å². The normalized spacial score (nSPS) is 20.4.